The fourth-order valence-corrected chi connectivity index (χ4v) is 4.27. The van der Waals surface area contributed by atoms with Crippen molar-refractivity contribution in [1.29, 1.82) is 0 Å². The van der Waals surface area contributed by atoms with E-state index >= 15 is 0 Å². The molecule has 4 rings (SSSR count). The summed E-state index contributed by atoms with van der Waals surface area (Å²) in [6.07, 6.45) is -0.106. The lowest BCUT2D eigenvalue weighted by Gasteiger charge is -2.23. The van der Waals surface area contributed by atoms with Gasteiger partial charge < -0.3 is 15.6 Å². The summed E-state index contributed by atoms with van der Waals surface area (Å²) in [7, 11) is 0. The Morgan fingerprint density at radius 1 is 1.13 bits per heavy atom. The summed E-state index contributed by atoms with van der Waals surface area (Å²) in [6.45, 7) is 3.97. The first-order valence-corrected chi connectivity index (χ1v) is 10.9. The van der Waals surface area contributed by atoms with Crippen molar-refractivity contribution in [2.45, 2.75) is 37.1 Å². The second-order valence-electron chi connectivity index (χ2n) is 7.57. The highest BCUT2D eigenvalue weighted by molar-refractivity contribution is 7.98. The predicted octanol–water partition coefficient (Wildman–Crippen LogP) is 3.74. The summed E-state index contributed by atoms with van der Waals surface area (Å²) in [5.41, 5.74) is 3.70. The van der Waals surface area contributed by atoms with E-state index in [2.05, 4.69) is 26.7 Å². The highest BCUT2D eigenvalue weighted by Gasteiger charge is 2.34. The van der Waals surface area contributed by atoms with Crippen molar-refractivity contribution in [2.24, 2.45) is 0 Å². The molecule has 0 saturated heterocycles. The van der Waals surface area contributed by atoms with Crippen LogP contribution in [0.3, 0.4) is 0 Å². The molecule has 158 valence electrons. The standard InChI is InChI=1S/C23H22N4O3S/c1-13-6-8-16(9-7-13)24-21(29)17-11-18(28)25-20-19(17)22(30)27-23(26-20)31-12-15-5-3-4-14(2)10-15/h3-10,17H,11-12H2,1-2H3,(H,24,29)(H2,25,26,27,28,30)/t17-/m1/s1. The third-order valence-electron chi connectivity index (χ3n) is 5.02. The van der Waals surface area contributed by atoms with Crippen LogP contribution in [0.15, 0.2) is 58.5 Å². The van der Waals surface area contributed by atoms with E-state index in [0.717, 1.165) is 16.7 Å². The fourth-order valence-electron chi connectivity index (χ4n) is 3.46. The number of rotatable bonds is 5. The maximum Gasteiger partial charge on any atom is 0.257 e. The van der Waals surface area contributed by atoms with Gasteiger partial charge in [-0.15, -0.1) is 0 Å². The Labute approximate surface area is 183 Å². The van der Waals surface area contributed by atoms with Gasteiger partial charge in [0, 0.05) is 17.9 Å². The van der Waals surface area contributed by atoms with E-state index in [4.69, 9.17) is 0 Å². The molecular formula is C23H22N4O3S. The van der Waals surface area contributed by atoms with Gasteiger partial charge in [-0.05, 0) is 31.5 Å². The summed E-state index contributed by atoms with van der Waals surface area (Å²) < 4.78 is 0. The van der Waals surface area contributed by atoms with Crippen molar-refractivity contribution in [3.05, 3.63) is 81.1 Å². The molecule has 8 heteroatoms. The van der Waals surface area contributed by atoms with Gasteiger partial charge in [0.1, 0.15) is 5.82 Å². The Hall–Kier alpha value is -3.39. The van der Waals surface area contributed by atoms with Crippen LogP contribution < -0.4 is 16.2 Å². The molecule has 7 nitrogen and oxygen atoms in total. The monoisotopic (exact) mass is 434 g/mol. The van der Waals surface area contributed by atoms with Gasteiger partial charge in [-0.2, -0.15) is 0 Å². The van der Waals surface area contributed by atoms with Crippen LogP contribution in [0.1, 0.15) is 34.6 Å². The van der Waals surface area contributed by atoms with Crippen LogP contribution in [0.5, 0.6) is 0 Å². The summed E-state index contributed by atoms with van der Waals surface area (Å²) in [5, 5.41) is 5.82. The number of anilines is 2. The van der Waals surface area contributed by atoms with Crippen molar-refractivity contribution in [3.63, 3.8) is 0 Å². The lowest BCUT2D eigenvalue weighted by molar-refractivity contribution is -0.123. The Bertz CT molecular complexity index is 1200. The average Bonchev–Trinajstić information content (AvgIpc) is 2.73. The number of benzene rings is 2. The second-order valence-corrected chi connectivity index (χ2v) is 8.54. The number of H-pyrrole nitrogens is 1. The highest BCUT2D eigenvalue weighted by Crippen LogP contribution is 2.31. The van der Waals surface area contributed by atoms with E-state index in [9.17, 15) is 14.4 Å². The topological polar surface area (TPSA) is 104 Å². The van der Waals surface area contributed by atoms with Crippen LogP contribution in [-0.2, 0) is 15.3 Å². The first-order valence-electron chi connectivity index (χ1n) is 9.89. The zero-order valence-corrected chi connectivity index (χ0v) is 18.0. The molecule has 2 heterocycles. The number of carbonyl (C=O) groups is 2. The smallest absolute Gasteiger partial charge is 0.257 e. The molecule has 0 bridgehead atoms. The highest BCUT2D eigenvalue weighted by atomic mass is 32.2. The number of thioether (sulfide) groups is 1. The summed E-state index contributed by atoms with van der Waals surface area (Å²) >= 11 is 1.37. The molecule has 0 saturated carbocycles. The van der Waals surface area contributed by atoms with E-state index in [0.29, 0.717) is 16.6 Å². The number of nitrogens with zero attached hydrogens (tertiary/aromatic N) is 1. The number of hydrogen-bond acceptors (Lipinski definition) is 5. The zero-order chi connectivity index (χ0) is 22.0. The molecule has 0 spiro atoms. The number of nitrogens with one attached hydrogen (secondary N) is 3. The van der Waals surface area contributed by atoms with Crippen LogP contribution in [0, 0.1) is 13.8 Å². The zero-order valence-electron chi connectivity index (χ0n) is 17.2. The molecule has 3 aromatic rings. The molecule has 3 N–H and O–H groups in total. The van der Waals surface area contributed by atoms with Gasteiger partial charge in [0.05, 0.1) is 11.5 Å². The molecule has 2 amide bonds. The van der Waals surface area contributed by atoms with E-state index in [1.165, 1.54) is 11.8 Å². The number of fused-ring (bicyclic) bond motifs is 1. The first-order chi connectivity index (χ1) is 14.9. The van der Waals surface area contributed by atoms with Crippen LogP contribution in [0.2, 0.25) is 0 Å². The van der Waals surface area contributed by atoms with E-state index < -0.39 is 17.4 Å². The minimum atomic E-state index is -0.905. The Morgan fingerprint density at radius 3 is 2.65 bits per heavy atom. The second kappa shape index (κ2) is 8.77. The van der Waals surface area contributed by atoms with Crippen LogP contribution in [0.4, 0.5) is 11.5 Å². The number of aromatic nitrogens is 2. The minimum absolute atomic E-state index is 0.106. The van der Waals surface area contributed by atoms with Crippen molar-refractivity contribution >= 4 is 35.1 Å². The number of carbonyl (C=O) groups excluding carboxylic acids is 2. The molecule has 1 atom stereocenters. The maximum atomic E-state index is 12.9. The number of hydrogen-bond donors (Lipinski definition) is 3. The van der Waals surface area contributed by atoms with Gasteiger partial charge in [0.2, 0.25) is 11.8 Å². The summed E-state index contributed by atoms with van der Waals surface area (Å²) in [6, 6.07) is 15.4. The molecule has 0 aliphatic carbocycles. The van der Waals surface area contributed by atoms with E-state index in [1.807, 2.05) is 44.2 Å². The summed E-state index contributed by atoms with van der Waals surface area (Å²) in [5.74, 6) is -0.890. The lowest BCUT2D eigenvalue weighted by atomic mass is 9.92. The van der Waals surface area contributed by atoms with Gasteiger partial charge in [0.25, 0.3) is 5.56 Å². The molecular weight excluding hydrogens is 412 g/mol. The molecule has 2 aromatic carbocycles. The number of aryl methyl sites for hydroxylation is 2. The molecule has 0 fully saturated rings. The van der Waals surface area contributed by atoms with Crippen molar-refractivity contribution in [2.75, 3.05) is 10.6 Å². The van der Waals surface area contributed by atoms with Gasteiger partial charge in [0.15, 0.2) is 5.16 Å². The van der Waals surface area contributed by atoms with Gasteiger partial charge in [-0.3, -0.25) is 14.4 Å². The molecule has 1 aliphatic heterocycles. The largest absolute Gasteiger partial charge is 0.326 e. The molecule has 1 aromatic heterocycles. The number of amides is 2. The Kier molecular flexibility index (Phi) is 5.90. The van der Waals surface area contributed by atoms with Crippen LogP contribution in [0.25, 0.3) is 0 Å². The maximum absolute atomic E-state index is 12.9. The SMILES string of the molecule is Cc1ccc(NC(=O)[C@@H]2CC(=O)Nc3nc(SCc4cccc(C)c4)[nH]c(=O)c32)cc1. The predicted molar refractivity (Wildman–Crippen MR) is 121 cm³/mol. The van der Waals surface area contributed by atoms with Crippen molar-refractivity contribution in [3.8, 4) is 0 Å². The van der Waals surface area contributed by atoms with E-state index in [1.54, 1.807) is 12.1 Å². The third kappa shape index (κ3) is 4.86. The molecule has 0 unspecified atom stereocenters. The average molecular weight is 435 g/mol. The lowest BCUT2D eigenvalue weighted by Crippen LogP contribution is -2.36. The Morgan fingerprint density at radius 2 is 1.90 bits per heavy atom. The molecule has 1 aliphatic rings. The van der Waals surface area contributed by atoms with E-state index in [-0.39, 0.29) is 23.7 Å². The van der Waals surface area contributed by atoms with Gasteiger partial charge >= 0.3 is 0 Å². The van der Waals surface area contributed by atoms with Gasteiger partial charge in [-0.25, -0.2) is 4.98 Å². The molecule has 31 heavy (non-hydrogen) atoms. The normalized spacial score (nSPS) is 15.2. The number of aromatic amines is 1. The quantitative estimate of drug-likeness (QED) is 0.419. The fraction of sp³-hybridized carbons (Fsp3) is 0.217. The minimum Gasteiger partial charge on any atom is -0.326 e. The van der Waals surface area contributed by atoms with Crippen molar-refractivity contribution < 1.29 is 9.59 Å². The third-order valence-corrected chi connectivity index (χ3v) is 5.97. The Balaban J connectivity index is 1.57. The van der Waals surface area contributed by atoms with Crippen molar-refractivity contribution in [1.82, 2.24) is 9.97 Å². The van der Waals surface area contributed by atoms with Gasteiger partial charge in [-0.1, -0.05) is 59.3 Å². The summed E-state index contributed by atoms with van der Waals surface area (Å²) in [4.78, 5) is 45.1. The first kappa shape index (κ1) is 20.9. The van der Waals surface area contributed by atoms with Crippen LogP contribution in [-0.4, -0.2) is 21.8 Å². The van der Waals surface area contributed by atoms with Crippen LogP contribution >= 0.6 is 11.8 Å². The molecule has 0 radical (unpaired) electrons.